The highest BCUT2D eigenvalue weighted by Crippen LogP contribution is 2.34. The molecule has 0 bridgehead atoms. The first-order valence-electron chi connectivity index (χ1n) is 14.2. The summed E-state index contributed by atoms with van der Waals surface area (Å²) in [5.41, 5.74) is 3.89. The molecule has 2 heterocycles. The molecule has 0 amide bonds. The lowest BCUT2D eigenvalue weighted by molar-refractivity contribution is -0.119. The second-order valence-corrected chi connectivity index (χ2v) is 10.9. The molecule has 2 aliphatic rings. The number of ether oxygens (including phenoxy) is 1. The quantitative estimate of drug-likeness (QED) is 0.270. The third-order valence-electron chi connectivity index (χ3n) is 8.05. The Hall–Kier alpha value is -3.54. The minimum absolute atomic E-state index is 0.213. The first-order chi connectivity index (χ1) is 19.1. The number of aromatic nitrogens is 2. The summed E-state index contributed by atoms with van der Waals surface area (Å²) in [6.45, 7) is 0.826. The van der Waals surface area contributed by atoms with Gasteiger partial charge in [-0.15, -0.1) is 0 Å². The molecule has 0 spiro atoms. The van der Waals surface area contributed by atoms with Crippen molar-refractivity contribution in [2.45, 2.75) is 64.2 Å². The summed E-state index contributed by atoms with van der Waals surface area (Å²) in [4.78, 5) is 22.9. The molecule has 0 N–H and O–H groups in total. The number of halogens is 1. The second-order valence-electron chi connectivity index (χ2n) is 10.9. The van der Waals surface area contributed by atoms with Gasteiger partial charge in [0, 0.05) is 29.6 Å². The molecule has 1 fully saturated rings. The van der Waals surface area contributed by atoms with E-state index in [2.05, 4.69) is 12.2 Å². The van der Waals surface area contributed by atoms with Gasteiger partial charge >= 0.3 is 0 Å². The van der Waals surface area contributed by atoms with E-state index in [1.165, 1.54) is 37.1 Å². The van der Waals surface area contributed by atoms with Crippen LogP contribution in [0.15, 0.2) is 71.9 Å². The minimum atomic E-state index is -0.291. The zero-order chi connectivity index (χ0) is 27.0. The number of hydrogen-bond donors (Lipinski definition) is 0. The molecule has 0 saturated heterocycles. The van der Waals surface area contributed by atoms with Gasteiger partial charge in [-0.05, 0) is 112 Å². The summed E-state index contributed by atoms with van der Waals surface area (Å²) < 4.78 is 20.8. The van der Waals surface area contributed by atoms with Crippen LogP contribution in [0.4, 0.5) is 4.39 Å². The first kappa shape index (κ1) is 27.0. The van der Waals surface area contributed by atoms with Crippen molar-refractivity contribution in [2.75, 3.05) is 13.7 Å². The number of nitrogens with zero attached hydrogens (tertiary/aromatic N) is 3. The molecule has 1 aliphatic heterocycles. The molecule has 39 heavy (non-hydrogen) atoms. The standard InChI is InChI=1S/C33H38FN3O2/c1-39-31-17-11-26(12-18-31)32-23-37(29-15-13-27(34)14-16-29)33(36-32)22-30(38)21-25-9-7-24(8-10-25)20-28-6-4-2-3-5-19-35-28/h3,5,11-18,23-25H,2,4,6-10,19-22H2,1H3. The van der Waals surface area contributed by atoms with Crippen molar-refractivity contribution in [3.8, 4) is 22.7 Å². The van der Waals surface area contributed by atoms with Gasteiger partial charge in [0.25, 0.3) is 0 Å². The highest BCUT2D eigenvalue weighted by molar-refractivity contribution is 5.85. The Bertz CT molecular complexity index is 1300. The van der Waals surface area contributed by atoms with Gasteiger partial charge in [0.1, 0.15) is 23.2 Å². The van der Waals surface area contributed by atoms with Gasteiger partial charge in [-0.2, -0.15) is 0 Å². The number of carbonyl (C=O) groups excluding carboxylic acids is 1. The fraction of sp³-hybridized carbons (Fsp3) is 0.424. The van der Waals surface area contributed by atoms with Gasteiger partial charge in [0.05, 0.1) is 25.8 Å². The van der Waals surface area contributed by atoms with Crippen LogP contribution in [-0.2, 0) is 11.2 Å². The number of carbonyl (C=O) groups is 1. The molecule has 1 aliphatic carbocycles. The van der Waals surface area contributed by atoms with E-state index in [-0.39, 0.29) is 18.0 Å². The van der Waals surface area contributed by atoms with Crippen molar-refractivity contribution < 1.29 is 13.9 Å². The molecule has 2 aromatic carbocycles. The Kier molecular flexibility index (Phi) is 9.02. The van der Waals surface area contributed by atoms with Gasteiger partial charge in [0.2, 0.25) is 0 Å². The number of imidazole rings is 1. The fourth-order valence-electron chi connectivity index (χ4n) is 5.86. The summed E-state index contributed by atoms with van der Waals surface area (Å²) in [6.07, 6.45) is 16.4. The molecule has 1 saturated carbocycles. The smallest absolute Gasteiger partial charge is 0.140 e. The Morgan fingerprint density at radius 1 is 1.00 bits per heavy atom. The number of benzene rings is 2. The van der Waals surface area contributed by atoms with Crippen LogP contribution in [0.25, 0.3) is 16.9 Å². The summed E-state index contributed by atoms with van der Waals surface area (Å²) in [5, 5.41) is 0. The average molecular weight is 528 g/mol. The molecule has 5 nitrogen and oxygen atoms in total. The van der Waals surface area contributed by atoms with E-state index in [1.54, 1.807) is 19.2 Å². The number of Topliss-reactive ketones (excluding diaryl/α,β-unsaturated/α-hetero) is 1. The van der Waals surface area contributed by atoms with Crippen LogP contribution in [0.1, 0.15) is 63.6 Å². The Morgan fingerprint density at radius 2 is 1.74 bits per heavy atom. The van der Waals surface area contributed by atoms with Gasteiger partial charge in [-0.1, -0.05) is 12.2 Å². The molecule has 3 aromatic rings. The predicted molar refractivity (Wildman–Crippen MR) is 154 cm³/mol. The van der Waals surface area contributed by atoms with Gasteiger partial charge < -0.3 is 9.30 Å². The summed E-state index contributed by atoms with van der Waals surface area (Å²) in [6, 6.07) is 14.0. The molecule has 204 valence electrons. The summed E-state index contributed by atoms with van der Waals surface area (Å²) >= 11 is 0. The van der Waals surface area contributed by atoms with E-state index in [4.69, 9.17) is 14.7 Å². The molecule has 0 unspecified atom stereocenters. The molecule has 6 heteroatoms. The zero-order valence-corrected chi connectivity index (χ0v) is 22.8. The third-order valence-corrected chi connectivity index (χ3v) is 8.05. The monoisotopic (exact) mass is 527 g/mol. The Balaban J connectivity index is 1.22. The molecule has 1 aromatic heterocycles. The summed E-state index contributed by atoms with van der Waals surface area (Å²) in [7, 11) is 1.64. The van der Waals surface area contributed by atoms with Gasteiger partial charge in [-0.3, -0.25) is 9.79 Å². The molecular formula is C33H38FN3O2. The van der Waals surface area contributed by atoms with Gasteiger partial charge in [0.15, 0.2) is 0 Å². The topological polar surface area (TPSA) is 56.5 Å². The van der Waals surface area contributed by atoms with Crippen LogP contribution < -0.4 is 4.74 Å². The highest BCUT2D eigenvalue weighted by Gasteiger charge is 2.25. The van der Waals surface area contributed by atoms with Crippen LogP contribution in [0.3, 0.4) is 0 Å². The minimum Gasteiger partial charge on any atom is -0.497 e. The number of hydrogen-bond acceptors (Lipinski definition) is 4. The number of allylic oxidation sites excluding steroid dienone is 1. The van der Waals surface area contributed by atoms with E-state index in [0.29, 0.717) is 24.1 Å². The molecule has 0 radical (unpaired) electrons. The van der Waals surface area contributed by atoms with Crippen LogP contribution >= 0.6 is 0 Å². The van der Waals surface area contributed by atoms with Crippen LogP contribution in [0, 0.1) is 17.7 Å². The fourth-order valence-corrected chi connectivity index (χ4v) is 5.86. The van der Waals surface area contributed by atoms with E-state index in [0.717, 1.165) is 61.3 Å². The van der Waals surface area contributed by atoms with Crippen molar-refractivity contribution in [2.24, 2.45) is 16.8 Å². The van der Waals surface area contributed by atoms with E-state index < -0.39 is 0 Å². The maximum Gasteiger partial charge on any atom is 0.140 e. The van der Waals surface area contributed by atoms with Crippen molar-refractivity contribution in [3.63, 3.8) is 0 Å². The van der Waals surface area contributed by atoms with Crippen LogP contribution in [0.2, 0.25) is 0 Å². The maximum atomic E-state index is 13.6. The van der Waals surface area contributed by atoms with E-state index in [9.17, 15) is 9.18 Å². The SMILES string of the molecule is COc1ccc(-c2cn(-c3ccc(F)cc3)c(CC(=O)CC3CCC(CC4=NCC=CCCC4)CC3)n2)cc1. The molecular weight excluding hydrogens is 489 g/mol. The Morgan fingerprint density at radius 3 is 2.49 bits per heavy atom. The lowest BCUT2D eigenvalue weighted by Gasteiger charge is -2.28. The van der Waals surface area contributed by atoms with Crippen LogP contribution in [-0.4, -0.2) is 34.7 Å². The molecule has 5 rings (SSSR count). The number of aliphatic imine (C=N–C) groups is 1. The van der Waals surface area contributed by atoms with Crippen molar-refractivity contribution in [3.05, 3.63) is 78.5 Å². The lowest BCUT2D eigenvalue weighted by Crippen LogP contribution is -2.21. The zero-order valence-electron chi connectivity index (χ0n) is 22.8. The highest BCUT2D eigenvalue weighted by atomic mass is 19.1. The molecule has 0 atom stereocenters. The average Bonchev–Trinajstić information content (AvgIpc) is 3.35. The third kappa shape index (κ3) is 7.31. The van der Waals surface area contributed by atoms with E-state index in [1.807, 2.05) is 35.0 Å². The van der Waals surface area contributed by atoms with Crippen molar-refractivity contribution in [1.29, 1.82) is 0 Å². The number of ketones is 1. The lowest BCUT2D eigenvalue weighted by atomic mass is 9.77. The van der Waals surface area contributed by atoms with Crippen molar-refractivity contribution >= 4 is 11.5 Å². The number of rotatable bonds is 9. The largest absolute Gasteiger partial charge is 0.497 e. The number of methoxy groups -OCH3 is 1. The van der Waals surface area contributed by atoms with Crippen LogP contribution in [0.5, 0.6) is 5.75 Å². The Labute approximate surface area is 230 Å². The van der Waals surface area contributed by atoms with E-state index >= 15 is 0 Å². The van der Waals surface area contributed by atoms with Crippen molar-refractivity contribution in [1.82, 2.24) is 9.55 Å². The maximum absolute atomic E-state index is 13.6. The second kappa shape index (κ2) is 13.0. The van der Waals surface area contributed by atoms with Gasteiger partial charge in [-0.25, -0.2) is 9.37 Å². The first-order valence-corrected chi connectivity index (χ1v) is 14.2. The summed E-state index contributed by atoms with van der Waals surface area (Å²) in [5.74, 6) is 2.51. The predicted octanol–water partition coefficient (Wildman–Crippen LogP) is 7.57. The normalized spacial score (nSPS) is 19.7.